The van der Waals surface area contributed by atoms with Crippen LogP contribution in [0.5, 0.6) is 0 Å². The number of fused-ring (bicyclic) bond motifs is 1. The number of amides is 2. The fraction of sp³-hybridized carbons (Fsp3) is 0.562. The van der Waals surface area contributed by atoms with E-state index in [0.29, 0.717) is 17.1 Å². The van der Waals surface area contributed by atoms with Gasteiger partial charge in [0.05, 0.1) is 11.7 Å². The number of hydrogen-bond donors (Lipinski definition) is 1. The van der Waals surface area contributed by atoms with Crippen molar-refractivity contribution in [2.75, 3.05) is 11.5 Å². The number of nitrogens with one attached hydrogen (secondary N) is 1. The molecule has 2 amide bonds. The van der Waals surface area contributed by atoms with Crippen molar-refractivity contribution in [3.8, 4) is 0 Å². The Kier molecular flexibility index (Phi) is 7.65. The van der Waals surface area contributed by atoms with Crippen LogP contribution in [-0.4, -0.2) is 55.8 Å². The van der Waals surface area contributed by atoms with E-state index in [2.05, 4.69) is 15.5 Å². The molecule has 1 N–H and O–H groups in total. The average Bonchev–Trinajstić information content (AvgIpc) is 3.00. The number of aryl methyl sites for hydroxylation is 1. The van der Waals surface area contributed by atoms with Gasteiger partial charge < -0.3 is 15.2 Å². The topological polar surface area (TPSA) is 115 Å². The van der Waals surface area contributed by atoms with E-state index in [1.807, 2.05) is 6.92 Å². The SMILES string of the molecule is Cc1nnc(SCC2=C(C(=O)[O-])N3C(=O)[C@@H](NC(=O)C(C)(C)C)[C@H]3SC2)s1.[Na+]. The molecule has 0 saturated carbocycles. The second-order valence-electron chi connectivity index (χ2n) is 7.23. The molecule has 1 saturated heterocycles. The minimum absolute atomic E-state index is 0. The first-order valence-electron chi connectivity index (χ1n) is 8.21. The molecule has 28 heavy (non-hydrogen) atoms. The summed E-state index contributed by atoms with van der Waals surface area (Å²) in [7, 11) is 0. The van der Waals surface area contributed by atoms with Crippen LogP contribution < -0.4 is 40.0 Å². The van der Waals surface area contributed by atoms with Gasteiger partial charge in [0.25, 0.3) is 5.91 Å². The second kappa shape index (κ2) is 9.05. The molecule has 12 heteroatoms. The number of thioether (sulfide) groups is 2. The number of carbonyl (C=O) groups is 3. The summed E-state index contributed by atoms with van der Waals surface area (Å²) in [5.74, 6) is -1.20. The molecule has 3 heterocycles. The molecule has 1 fully saturated rings. The van der Waals surface area contributed by atoms with Crippen molar-refractivity contribution in [3.05, 3.63) is 16.3 Å². The van der Waals surface area contributed by atoms with E-state index in [1.165, 1.54) is 39.8 Å². The maximum Gasteiger partial charge on any atom is 1.00 e. The third-order valence-corrected chi connectivity index (χ3v) is 7.48. The number of carboxylic acid groups (broad SMARTS) is 1. The molecule has 0 bridgehead atoms. The van der Waals surface area contributed by atoms with Crippen LogP contribution in [0.3, 0.4) is 0 Å². The van der Waals surface area contributed by atoms with Crippen molar-refractivity contribution >= 4 is 52.6 Å². The fourth-order valence-corrected chi connectivity index (χ4v) is 5.93. The smallest absolute Gasteiger partial charge is 0.543 e. The molecule has 0 radical (unpaired) electrons. The van der Waals surface area contributed by atoms with Gasteiger partial charge in [-0.1, -0.05) is 43.9 Å². The van der Waals surface area contributed by atoms with Crippen molar-refractivity contribution in [2.24, 2.45) is 5.41 Å². The summed E-state index contributed by atoms with van der Waals surface area (Å²) in [6.45, 7) is 7.12. The Morgan fingerprint density at radius 2 is 2.04 bits per heavy atom. The molecule has 2 aliphatic rings. The Morgan fingerprint density at radius 1 is 1.36 bits per heavy atom. The van der Waals surface area contributed by atoms with Crippen LogP contribution in [0.15, 0.2) is 15.6 Å². The van der Waals surface area contributed by atoms with Gasteiger partial charge in [-0.05, 0) is 12.5 Å². The standard InChI is InChI=1S/C16H20N4O4S3.Na/c1-7-18-19-15(27-7)26-6-8-5-25-12-9(17-14(24)16(2,3)4)11(21)20(12)10(8)13(22)23;/h9,12H,5-6H2,1-4H3,(H,17,24)(H,22,23);/q;+1/p-1/t9-,12-;/m1./s1. The molecular formula is C16H19N4NaO4S3. The fourth-order valence-electron chi connectivity index (χ4n) is 2.63. The van der Waals surface area contributed by atoms with Crippen LogP contribution in [0, 0.1) is 12.3 Å². The van der Waals surface area contributed by atoms with Gasteiger partial charge in [0, 0.05) is 16.9 Å². The van der Waals surface area contributed by atoms with E-state index in [0.717, 1.165) is 9.35 Å². The number of aliphatic carboxylic acids is 1. The molecular weight excluding hydrogens is 431 g/mol. The zero-order chi connectivity index (χ0) is 19.9. The Hall–Kier alpha value is -0.590. The molecule has 1 aromatic heterocycles. The van der Waals surface area contributed by atoms with Gasteiger partial charge in [-0.3, -0.25) is 14.5 Å². The van der Waals surface area contributed by atoms with Gasteiger partial charge in [-0.25, -0.2) is 0 Å². The van der Waals surface area contributed by atoms with E-state index < -0.39 is 28.7 Å². The van der Waals surface area contributed by atoms with Crippen LogP contribution >= 0.6 is 34.9 Å². The average molecular weight is 451 g/mol. The maximum atomic E-state index is 12.5. The largest absolute Gasteiger partial charge is 1.00 e. The summed E-state index contributed by atoms with van der Waals surface area (Å²) in [5, 5.41) is 22.8. The van der Waals surface area contributed by atoms with Gasteiger partial charge in [-0.15, -0.1) is 22.0 Å². The second-order valence-corrected chi connectivity index (χ2v) is 10.7. The van der Waals surface area contributed by atoms with Gasteiger partial charge >= 0.3 is 29.6 Å². The van der Waals surface area contributed by atoms with Gasteiger partial charge in [-0.2, -0.15) is 0 Å². The third-order valence-electron chi connectivity index (χ3n) is 4.09. The van der Waals surface area contributed by atoms with Crippen LogP contribution in [0.1, 0.15) is 25.8 Å². The predicted octanol–water partition coefficient (Wildman–Crippen LogP) is -2.61. The van der Waals surface area contributed by atoms with E-state index >= 15 is 0 Å². The Labute approximate surface area is 197 Å². The van der Waals surface area contributed by atoms with Crippen LogP contribution in [0.25, 0.3) is 0 Å². The Balaban J connectivity index is 0.00000280. The molecule has 8 nitrogen and oxygen atoms in total. The zero-order valence-electron chi connectivity index (χ0n) is 16.3. The first-order chi connectivity index (χ1) is 12.6. The van der Waals surface area contributed by atoms with Crippen LogP contribution in [0.2, 0.25) is 0 Å². The minimum atomic E-state index is -1.38. The number of aromatic nitrogens is 2. The van der Waals surface area contributed by atoms with Crippen molar-refractivity contribution in [1.82, 2.24) is 20.4 Å². The van der Waals surface area contributed by atoms with Crippen molar-refractivity contribution in [3.63, 3.8) is 0 Å². The molecule has 146 valence electrons. The molecule has 2 aliphatic heterocycles. The first-order valence-corrected chi connectivity index (χ1v) is 11.1. The normalized spacial score (nSPS) is 21.6. The monoisotopic (exact) mass is 450 g/mol. The number of β-lactam (4-membered cyclic amide) rings is 1. The molecule has 3 rings (SSSR count). The number of carbonyl (C=O) groups excluding carboxylic acids is 3. The number of rotatable bonds is 5. The Morgan fingerprint density at radius 3 is 2.57 bits per heavy atom. The molecule has 0 unspecified atom stereocenters. The number of nitrogens with zero attached hydrogens (tertiary/aromatic N) is 3. The maximum absolute atomic E-state index is 12.5. The number of carboxylic acids is 1. The summed E-state index contributed by atoms with van der Waals surface area (Å²) >= 11 is 4.26. The summed E-state index contributed by atoms with van der Waals surface area (Å²) in [6.07, 6.45) is 0. The molecule has 1 aromatic rings. The molecule has 0 aliphatic carbocycles. The quantitative estimate of drug-likeness (QED) is 0.295. The summed E-state index contributed by atoms with van der Waals surface area (Å²) in [6, 6.07) is -0.712. The van der Waals surface area contributed by atoms with Crippen LogP contribution in [-0.2, 0) is 14.4 Å². The zero-order valence-corrected chi connectivity index (χ0v) is 20.7. The van der Waals surface area contributed by atoms with E-state index in [1.54, 1.807) is 20.8 Å². The van der Waals surface area contributed by atoms with Gasteiger partial charge in [0.15, 0.2) is 4.34 Å². The van der Waals surface area contributed by atoms with Crippen molar-refractivity contribution in [2.45, 2.75) is 43.5 Å². The summed E-state index contributed by atoms with van der Waals surface area (Å²) < 4.78 is 0.745. The predicted molar refractivity (Wildman–Crippen MR) is 102 cm³/mol. The van der Waals surface area contributed by atoms with Crippen molar-refractivity contribution < 1.29 is 49.0 Å². The van der Waals surface area contributed by atoms with E-state index in [4.69, 9.17) is 0 Å². The third kappa shape index (κ3) is 4.76. The summed E-state index contributed by atoms with van der Waals surface area (Å²) in [5.41, 5.74) is -0.101. The molecule has 2 atom stereocenters. The number of hydrogen-bond acceptors (Lipinski definition) is 9. The molecule has 0 aromatic carbocycles. The van der Waals surface area contributed by atoms with Gasteiger partial charge in [0.1, 0.15) is 16.4 Å². The van der Waals surface area contributed by atoms with E-state index in [-0.39, 0.29) is 41.2 Å². The molecule has 0 spiro atoms. The first kappa shape index (κ1) is 23.7. The van der Waals surface area contributed by atoms with E-state index in [9.17, 15) is 19.5 Å². The van der Waals surface area contributed by atoms with Crippen molar-refractivity contribution in [1.29, 1.82) is 0 Å². The minimum Gasteiger partial charge on any atom is -0.543 e. The Bertz CT molecular complexity index is 836. The van der Waals surface area contributed by atoms with Crippen LogP contribution in [0.4, 0.5) is 0 Å². The summed E-state index contributed by atoms with van der Waals surface area (Å²) in [4.78, 5) is 37.7. The van der Waals surface area contributed by atoms with Gasteiger partial charge in [0.2, 0.25) is 5.91 Å².